The normalized spacial score (nSPS) is 19.5. The van der Waals surface area contributed by atoms with Crippen LogP contribution in [0.2, 0.25) is 0 Å². The van der Waals surface area contributed by atoms with Crippen molar-refractivity contribution >= 4 is 65.4 Å². The molecule has 10 rings (SSSR count). The molecule has 0 atom stereocenters. The summed E-state index contributed by atoms with van der Waals surface area (Å²) in [5.74, 6) is 0. The zero-order valence-corrected chi connectivity index (χ0v) is 22.9. The molecule has 8 aromatic carbocycles. The molecule has 0 aliphatic rings. The summed E-state index contributed by atoms with van der Waals surface area (Å²) in [5, 5.41) is -3.48. The fourth-order valence-electron chi connectivity index (χ4n) is 5.82. The van der Waals surface area contributed by atoms with Crippen molar-refractivity contribution in [3.05, 3.63) is 157 Å². The first-order valence-corrected chi connectivity index (χ1v) is 13.6. The first-order chi connectivity index (χ1) is 33.2. The lowest BCUT2D eigenvalue weighted by Crippen LogP contribution is -1.91. The SMILES string of the molecule is [2H]c1c([2H])c([2H])c(-c2cc3c(-c4c([2H])c([2H])c([2H])c([2H])c4[2H])c4c([2H])c([2H])c([2H])c([2H])c4c(-c4c([2H])c([2H])c5c(oc6c([2H])c([2H])c7oc8c([2H])c([2H])c([2H])c([2H])c8c7c65)c4[2H])c3c([2H])c2[2H])c([2H])c1[2H]. The van der Waals surface area contributed by atoms with E-state index in [-0.39, 0.29) is 16.2 Å². The molecule has 0 saturated heterocycles. The lowest BCUT2D eigenvalue weighted by Gasteiger charge is -2.18. The standard InChI is InChI=1S/C44H26O2/c1-3-11-27(12-4-1)29-19-21-33-36(25-29)41(28-13-5-2-6-14-28)31-15-7-8-16-32(31)42(33)30-20-22-35-40(26-30)46-39-24-23-38-43(44(35)39)34-17-9-10-18-37(34)45-38/h1-26H/i1D,2D,3D,4D,5D,6D,7D,8D,9D,10D,11D,12D,13D,14D,15D,16D,17D,18D,19D,20D,21D,22D,23D,24D,26D. The second-order valence-corrected chi connectivity index (χ2v) is 10.1. The van der Waals surface area contributed by atoms with Crippen LogP contribution >= 0.6 is 0 Å². The number of hydrogen-bond donors (Lipinski definition) is 0. The first-order valence-electron chi connectivity index (χ1n) is 26.1. The smallest absolute Gasteiger partial charge is 0.136 e. The van der Waals surface area contributed by atoms with Crippen molar-refractivity contribution in [3.8, 4) is 33.4 Å². The van der Waals surface area contributed by atoms with Crippen LogP contribution in [0.3, 0.4) is 0 Å². The summed E-state index contributed by atoms with van der Waals surface area (Å²) in [7, 11) is 0. The minimum Gasteiger partial charge on any atom is -0.456 e. The molecule has 2 heteroatoms. The van der Waals surface area contributed by atoms with Crippen molar-refractivity contribution in [2.24, 2.45) is 0 Å². The molecule has 0 N–H and O–H groups in total. The summed E-state index contributed by atoms with van der Waals surface area (Å²) < 4.78 is 235. The Bertz CT molecular complexity index is 4170. The van der Waals surface area contributed by atoms with Crippen LogP contribution in [0.1, 0.15) is 34.3 Å². The number of rotatable bonds is 3. The summed E-state index contributed by atoms with van der Waals surface area (Å²) in [6.45, 7) is 0. The maximum Gasteiger partial charge on any atom is 0.136 e. The zero-order valence-electron chi connectivity index (χ0n) is 47.9. The number of para-hydroxylation sites is 1. The van der Waals surface area contributed by atoms with Crippen LogP contribution in [-0.2, 0) is 0 Å². The Morgan fingerprint density at radius 3 is 1.54 bits per heavy atom. The van der Waals surface area contributed by atoms with Crippen LogP contribution in [0.25, 0.3) is 98.8 Å². The average Bonchev–Trinajstić information content (AvgIpc) is 3.95. The highest BCUT2D eigenvalue weighted by Crippen LogP contribution is 2.46. The van der Waals surface area contributed by atoms with Gasteiger partial charge in [-0.05, 0) is 91.2 Å². The van der Waals surface area contributed by atoms with Gasteiger partial charge in [0.2, 0.25) is 0 Å². The van der Waals surface area contributed by atoms with Crippen molar-refractivity contribution in [1.82, 2.24) is 0 Å². The number of furan rings is 2. The molecular formula is C44H26O2. The summed E-state index contributed by atoms with van der Waals surface area (Å²) in [6.07, 6.45) is 0. The number of benzene rings is 8. The van der Waals surface area contributed by atoms with Crippen molar-refractivity contribution in [2.45, 2.75) is 0 Å². The van der Waals surface area contributed by atoms with Crippen LogP contribution in [-0.4, -0.2) is 0 Å². The summed E-state index contributed by atoms with van der Waals surface area (Å²) in [5.41, 5.74) is -5.67. The van der Waals surface area contributed by atoms with Gasteiger partial charge in [0.15, 0.2) is 0 Å². The van der Waals surface area contributed by atoms with Gasteiger partial charge in [-0.2, -0.15) is 0 Å². The van der Waals surface area contributed by atoms with Crippen LogP contribution in [0.5, 0.6) is 0 Å². The van der Waals surface area contributed by atoms with Crippen molar-refractivity contribution in [3.63, 3.8) is 0 Å². The average molecular weight is 612 g/mol. The van der Waals surface area contributed by atoms with Crippen molar-refractivity contribution in [2.75, 3.05) is 0 Å². The third kappa shape index (κ3) is 3.65. The van der Waals surface area contributed by atoms with E-state index in [0.717, 1.165) is 6.07 Å². The van der Waals surface area contributed by atoms with E-state index in [4.69, 9.17) is 33.5 Å². The van der Waals surface area contributed by atoms with E-state index in [1.165, 1.54) is 0 Å². The number of fused-ring (bicyclic) bond motifs is 9. The maximum absolute atomic E-state index is 9.81. The Kier molecular flexibility index (Phi) is 2.33. The highest BCUT2D eigenvalue weighted by molar-refractivity contribution is 6.27. The van der Waals surface area contributed by atoms with Crippen LogP contribution in [0.15, 0.2) is 166 Å². The quantitative estimate of drug-likeness (QED) is 0.186. The molecule has 0 amide bonds. The van der Waals surface area contributed by atoms with Gasteiger partial charge in [0.25, 0.3) is 0 Å². The molecule has 0 spiro atoms. The zero-order chi connectivity index (χ0) is 51.9. The maximum atomic E-state index is 9.81. The number of hydrogen-bond acceptors (Lipinski definition) is 2. The summed E-state index contributed by atoms with van der Waals surface area (Å²) in [6, 6.07) is -19.8. The van der Waals surface area contributed by atoms with E-state index >= 15 is 0 Å². The molecule has 0 radical (unpaired) electrons. The molecule has 0 saturated carbocycles. The minimum absolute atomic E-state index is 0.220. The van der Waals surface area contributed by atoms with E-state index < -0.39 is 234 Å². The van der Waals surface area contributed by atoms with Gasteiger partial charge in [-0.15, -0.1) is 0 Å². The van der Waals surface area contributed by atoms with Crippen LogP contribution < -0.4 is 0 Å². The van der Waals surface area contributed by atoms with E-state index in [9.17, 15) is 9.60 Å². The van der Waals surface area contributed by atoms with E-state index in [0.29, 0.717) is 0 Å². The van der Waals surface area contributed by atoms with Crippen LogP contribution in [0, 0.1) is 0 Å². The van der Waals surface area contributed by atoms with Crippen LogP contribution in [0.4, 0.5) is 0 Å². The molecule has 0 fully saturated rings. The molecule has 46 heavy (non-hydrogen) atoms. The molecule has 2 aromatic heterocycles. The molecule has 0 aliphatic heterocycles. The van der Waals surface area contributed by atoms with Crippen molar-refractivity contribution < 1.29 is 43.1 Å². The molecule has 0 unspecified atom stereocenters. The fraction of sp³-hybridized carbons (Fsp3) is 0. The van der Waals surface area contributed by atoms with Gasteiger partial charge in [-0.3, -0.25) is 0 Å². The Morgan fingerprint density at radius 2 is 0.826 bits per heavy atom. The third-order valence-corrected chi connectivity index (χ3v) is 7.69. The minimum atomic E-state index is -0.940. The van der Waals surface area contributed by atoms with E-state index in [1.54, 1.807) is 0 Å². The first kappa shape index (κ1) is 11.0. The van der Waals surface area contributed by atoms with Gasteiger partial charge in [0.05, 0.1) is 34.3 Å². The Hall–Kier alpha value is -6.12. The van der Waals surface area contributed by atoms with Gasteiger partial charge in [0.1, 0.15) is 22.3 Å². The lowest BCUT2D eigenvalue weighted by molar-refractivity contribution is 0.663. The highest BCUT2D eigenvalue weighted by Gasteiger charge is 2.20. The molecular weight excluding hydrogens is 560 g/mol. The second-order valence-electron chi connectivity index (χ2n) is 10.1. The van der Waals surface area contributed by atoms with Gasteiger partial charge < -0.3 is 8.83 Å². The van der Waals surface area contributed by atoms with Gasteiger partial charge in [-0.1, -0.05) is 121 Å². The van der Waals surface area contributed by atoms with Gasteiger partial charge in [-0.25, -0.2) is 0 Å². The van der Waals surface area contributed by atoms with E-state index in [2.05, 4.69) is 0 Å². The topological polar surface area (TPSA) is 26.3 Å². The fourth-order valence-corrected chi connectivity index (χ4v) is 5.82. The third-order valence-electron chi connectivity index (χ3n) is 7.69. The Balaban J connectivity index is 1.51. The van der Waals surface area contributed by atoms with E-state index in [1.807, 2.05) is 0 Å². The predicted octanol–water partition coefficient (Wildman–Crippen LogP) is 12.8. The molecule has 214 valence electrons. The Labute approximate surface area is 299 Å². The highest BCUT2D eigenvalue weighted by atomic mass is 16.3. The Morgan fingerprint density at radius 1 is 0.326 bits per heavy atom. The largest absolute Gasteiger partial charge is 0.456 e. The molecule has 2 nitrogen and oxygen atoms in total. The predicted molar refractivity (Wildman–Crippen MR) is 192 cm³/mol. The van der Waals surface area contributed by atoms with Crippen molar-refractivity contribution in [1.29, 1.82) is 0 Å². The lowest BCUT2D eigenvalue weighted by atomic mass is 9.84. The van der Waals surface area contributed by atoms with Gasteiger partial charge >= 0.3 is 0 Å². The van der Waals surface area contributed by atoms with Gasteiger partial charge in [0, 0.05) is 21.5 Å². The summed E-state index contributed by atoms with van der Waals surface area (Å²) in [4.78, 5) is 0. The molecule has 2 heterocycles. The molecule has 10 aromatic rings. The summed E-state index contributed by atoms with van der Waals surface area (Å²) >= 11 is 0. The molecule has 0 bridgehead atoms. The molecule has 0 aliphatic carbocycles. The second kappa shape index (κ2) is 9.69. The monoisotopic (exact) mass is 611 g/mol.